The maximum absolute atomic E-state index is 12.2. The second-order valence-electron chi connectivity index (χ2n) is 5.66. The van der Waals surface area contributed by atoms with Crippen molar-refractivity contribution >= 4 is 23.2 Å². The average molecular weight is 311 g/mol. The average Bonchev–Trinajstić information content (AvgIpc) is 3.36. The molecular formula is C17H17N3O3. The summed E-state index contributed by atoms with van der Waals surface area (Å²) in [6.45, 7) is 1.85. The van der Waals surface area contributed by atoms with Crippen molar-refractivity contribution in [2.24, 2.45) is 5.92 Å². The molecule has 3 rings (SSSR count). The van der Waals surface area contributed by atoms with E-state index < -0.39 is 5.91 Å². The molecule has 0 bridgehead atoms. The lowest BCUT2D eigenvalue weighted by molar-refractivity contribution is -0.607. The van der Waals surface area contributed by atoms with Crippen molar-refractivity contribution in [2.45, 2.75) is 19.8 Å². The lowest BCUT2D eigenvalue weighted by atomic mass is 10.1. The van der Waals surface area contributed by atoms with E-state index in [9.17, 15) is 14.8 Å². The summed E-state index contributed by atoms with van der Waals surface area (Å²) in [4.78, 5) is 24.0. The number of amides is 2. The van der Waals surface area contributed by atoms with E-state index in [1.807, 2.05) is 13.0 Å². The molecule has 2 aromatic rings. The molecule has 2 N–H and O–H groups in total. The molecule has 2 amide bonds. The van der Waals surface area contributed by atoms with Gasteiger partial charge >= 0.3 is 5.91 Å². The number of pyridine rings is 1. The summed E-state index contributed by atoms with van der Waals surface area (Å²) >= 11 is 0. The Labute approximate surface area is 133 Å². The Balaban J connectivity index is 1.77. The normalized spacial score (nSPS) is 13.4. The highest BCUT2D eigenvalue weighted by atomic mass is 16.5. The molecule has 0 spiro atoms. The summed E-state index contributed by atoms with van der Waals surface area (Å²) in [5, 5.41) is 17.2. The molecule has 118 valence electrons. The van der Waals surface area contributed by atoms with E-state index in [0.29, 0.717) is 16.1 Å². The van der Waals surface area contributed by atoms with Gasteiger partial charge in [-0.1, -0.05) is 6.07 Å². The van der Waals surface area contributed by atoms with Crippen LogP contribution in [0.1, 0.15) is 28.9 Å². The van der Waals surface area contributed by atoms with E-state index in [2.05, 4.69) is 10.6 Å². The van der Waals surface area contributed by atoms with Gasteiger partial charge in [-0.15, -0.1) is 0 Å². The minimum atomic E-state index is -0.491. The maximum Gasteiger partial charge on any atom is 0.321 e. The summed E-state index contributed by atoms with van der Waals surface area (Å²) in [5.41, 5.74) is 2.05. The van der Waals surface area contributed by atoms with Gasteiger partial charge in [0.05, 0.1) is 0 Å². The van der Waals surface area contributed by atoms with E-state index >= 15 is 0 Å². The van der Waals surface area contributed by atoms with Gasteiger partial charge in [0.1, 0.15) is 0 Å². The van der Waals surface area contributed by atoms with Gasteiger partial charge in [0.2, 0.25) is 5.91 Å². The number of rotatable bonds is 4. The summed E-state index contributed by atoms with van der Waals surface area (Å²) in [5.74, 6) is -0.376. The van der Waals surface area contributed by atoms with Crippen molar-refractivity contribution in [3.8, 4) is 0 Å². The first-order chi connectivity index (χ1) is 11.0. The molecule has 1 saturated carbocycles. The fourth-order valence-corrected chi connectivity index (χ4v) is 2.21. The molecule has 6 heteroatoms. The third-order valence-corrected chi connectivity index (χ3v) is 3.76. The van der Waals surface area contributed by atoms with Crippen LogP contribution in [-0.4, -0.2) is 11.8 Å². The molecule has 1 heterocycles. The lowest BCUT2D eigenvalue weighted by Crippen LogP contribution is -2.36. The predicted octanol–water partition coefficient (Wildman–Crippen LogP) is 2.23. The van der Waals surface area contributed by atoms with Crippen LogP contribution in [0.25, 0.3) is 0 Å². The Morgan fingerprint density at radius 2 is 1.96 bits per heavy atom. The van der Waals surface area contributed by atoms with Gasteiger partial charge in [-0.2, -0.15) is 4.73 Å². The number of anilines is 2. The Bertz CT molecular complexity index is 769. The first-order valence-corrected chi connectivity index (χ1v) is 7.45. The van der Waals surface area contributed by atoms with E-state index in [0.717, 1.165) is 18.4 Å². The summed E-state index contributed by atoms with van der Waals surface area (Å²) in [6.07, 6.45) is 3.13. The van der Waals surface area contributed by atoms with Crippen LogP contribution in [0.3, 0.4) is 0 Å². The number of nitrogens with one attached hydrogen (secondary N) is 2. The monoisotopic (exact) mass is 311 g/mol. The third kappa shape index (κ3) is 3.48. The first kappa shape index (κ1) is 15.0. The highest BCUT2D eigenvalue weighted by Crippen LogP contribution is 2.30. The van der Waals surface area contributed by atoms with Crippen LogP contribution < -0.4 is 15.4 Å². The number of carbonyl (C=O) groups excluding carboxylic acids is 2. The molecule has 1 aromatic carbocycles. The standard InChI is InChI=1S/C17H17N3O3/c1-11-5-8-13(18-16(21)12-6-7-12)10-14(11)19-17(22)15-4-2-3-9-20(15)23/h2-5,8-10,12H,6-7H2,1H3,(H,18,21)(H,19,22). The van der Waals surface area contributed by atoms with Crippen LogP contribution in [-0.2, 0) is 4.79 Å². The quantitative estimate of drug-likeness (QED) is 0.670. The summed E-state index contributed by atoms with van der Waals surface area (Å²) in [7, 11) is 0. The molecule has 1 aliphatic rings. The Morgan fingerprint density at radius 3 is 2.65 bits per heavy atom. The zero-order valence-corrected chi connectivity index (χ0v) is 12.7. The number of aryl methyl sites for hydroxylation is 1. The number of hydrogen-bond acceptors (Lipinski definition) is 3. The lowest BCUT2D eigenvalue weighted by Gasteiger charge is -2.11. The SMILES string of the molecule is Cc1ccc(NC(=O)C2CC2)cc1NC(=O)c1cccc[n+]1[O-]. The van der Waals surface area contributed by atoms with Gasteiger partial charge in [-0.05, 0) is 43.5 Å². The molecule has 23 heavy (non-hydrogen) atoms. The van der Waals surface area contributed by atoms with E-state index in [4.69, 9.17) is 0 Å². The largest absolute Gasteiger partial charge is 0.618 e. The van der Waals surface area contributed by atoms with Crippen LogP contribution in [0.15, 0.2) is 42.6 Å². The zero-order valence-electron chi connectivity index (χ0n) is 12.7. The number of hydrogen-bond donors (Lipinski definition) is 2. The molecular weight excluding hydrogens is 294 g/mol. The second-order valence-corrected chi connectivity index (χ2v) is 5.66. The van der Waals surface area contributed by atoms with Gasteiger partial charge < -0.3 is 15.8 Å². The van der Waals surface area contributed by atoms with Gasteiger partial charge in [0.25, 0.3) is 5.69 Å². The number of aromatic nitrogens is 1. The van der Waals surface area contributed by atoms with Crippen molar-refractivity contribution in [1.29, 1.82) is 0 Å². The Kier molecular flexibility index (Phi) is 3.97. The van der Waals surface area contributed by atoms with Gasteiger partial charge in [-0.25, -0.2) is 0 Å². The summed E-state index contributed by atoms with van der Waals surface area (Å²) in [6, 6.07) is 9.95. The van der Waals surface area contributed by atoms with Crippen molar-refractivity contribution in [2.75, 3.05) is 10.6 Å². The van der Waals surface area contributed by atoms with Crippen molar-refractivity contribution in [1.82, 2.24) is 0 Å². The molecule has 1 aromatic heterocycles. The minimum absolute atomic E-state index is 0.00610. The molecule has 0 atom stereocenters. The van der Waals surface area contributed by atoms with E-state index in [1.54, 1.807) is 24.3 Å². The molecule has 0 aliphatic heterocycles. The molecule has 6 nitrogen and oxygen atoms in total. The molecule has 1 fully saturated rings. The number of carbonyl (C=O) groups is 2. The zero-order chi connectivity index (χ0) is 16.4. The molecule has 0 radical (unpaired) electrons. The van der Waals surface area contributed by atoms with Crippen molar-refractivity contribution in [3.63, 3.8) is 0 Å². The molecule has 0 saturated heterocycles. The Hall–Kier alpha value is -2.89. The highest BCUT2D eigenvalue weighted by Gasteiger charge is 2.29. The van der Waals surface area contributed by atoms with Gasteiger partial charge in [0.15, 0.2) is 6.20 Å². The Morgan fingerprint density at radius 1 is 1.17 bits per heavy atom. The van der Waals surface area contributed by atoms with Crippen LogP contribution in [0.5, 0.6) is 0 Å². The fourth-order valence-electron chi connectivity index (χ4n) is 2.21. The predicted molar refractivity (Wildman–Crippen MR) is 85.9 cm³/mol. The van der Waals surface area contributed by atoms with Gasteiger partial charge in [0, 0.05) is 29.4 Å². The van der Waals surface area contributed by atoms with Crippen molar-refractivity contribution in [3.05, 3.63) is 59.1 Å². The van der Waals surface area contributed by atoms with E-state index in [1.165, 1.54) is 12.3 Å². The van der Waals surface area contributed by atoms with Gasteiger partial charge in [-0.3, -0.25) is 9.59 Å². The fraction of sp³-hybridized carbons (Fsp3) is 0.235. The molecule has 1 aliphatic carbocycles. The number of nitrogens with zero attached hydrogens (tertiary/aromatic N) is 1. The molecule has 0 unspecified atom stereocenters. The minimum Gasteiger partial charge on any atom is -0.618 e. The van der Waals surface area contributed by atoms with E-state index in [-0.39, 0.29) is 17.5 Å². The maximum atomic E-state index is 12.2. The highest BCUT2D eigenvalue weighted by molar-refractivity contribution is 6.03. The van der Waals surface area contributed by atoms with Crippen LogP contribution in [0.2, 0.25) is 0 Å². The first-order valence-electron chi connectivity index (χ1n) is 7.45. The van der Waals surface area contributed by atoms with Crippen molar-refractivity contribution < 1.29 is 14.3 Å². The smallest absolute Gasteiger partial charge is 0.321 e. The second kappa shape index (κ2) is 6.08. The summed E-state index contributed by atoms with van der Waals surface area (Å²) < 4.78 is 0.517. The number of benzene rings is 1. The van der Waals surface area contributed by atoms with Crippen LogP contribution in [0, 0.1) is 18.0 Å². The third-order valence-electron chi connectivity index (χ3n) is 3.76. The van der Waals surface area contributed by atoms with Crippen LogP contribution >= 0.6 is 0 Å². The topological polar surface area (TPSA) is 85.1 Å². The van der Waals surface area contributed by atoms with Crippen LogP contribution in [0.4, 0.5) is 11.4 Å².